The highest BCUT2D eigenvalue weighted by Gasteiger charge is 2.06. The lowest BCUT2D eigenvalue weighted by molar-refractivity contribution is 0.0983. The van der Waals surface area contributed by atoms with E-state index in [0.717, 1.165) is 18.8 Å². The molecule has 0 fully saturated rings. The number of hydrogen-bond donors (Lipinski definition) is 0. The average molecular weight is 218 g/mol. The van der Waals surface area contributed by atoms with Gasteiger partial charge in [-0.25, -0.2) is 0 Å². The molecule has 3 heteroatoms. The Kier molecular flexibility index (Phi) is 4.70. The SMILES string of the molecule is C=CCN(CC)c1ccc(C(=O)CC)nc1. The normalized spacial score (nSPS) is 9.88. The van der Waals surface area contributed by atoms with E-state index in [-0.39, 0.29) is 5.78 Å². The van der Waals surface area contributed by atoms with Crippen LogP contribution in [0.25, 0.3) is 0 Å². The summed E-state index contributed by atoms with van der Waals surface area (Å²) in [5.74, 6) is 0.0818. The number of rotatable bonds is 6. The Morgan fingerprint density at radius 2 is 2.25 bits per heavy atom. The maximum atomic E-state index is 11.4. The fourth-order valence-electron chi connectivity index (χ4n) is 1.49. The highest BCUT2D eigenvalue weighted by atomic mass is 16.1. The molecule has 1 aromatic heterocycles. The number of pyridine rings is 1. The lowest BCUT2D eigenvalue weighted by atomic mass is 10.2. The van der Waals surface area contributed by atoms with Crippen LogP contribution in [-0.4, -0.2) is 23.9 Å². The minimum absolute atomic E-state index is 0.0818. The van der Waals surface area contributed by atoms with Gasteiger partial charge in [-0.2, -0.15) is 0 Å². The quantitative estimate of drug-likeness (QED) is 0.543. The first kappa shape index (κ1) is 12.4. The van der Waals surface area contributed by atoms with Crippen LogP contribution in [0.15, 0.2) is 31.0 Å². The van der Waals surface area contributed by atoms with Crippen LogP contribution in [0.1, 0.15) is 30.8 Å². The van der Waals surface area contributed by atoms with Crippen LogP contribution in [-0.2, 0) is 0 Å². The molecule has 0 spiro atoms. The smallest absolute Gasteiger partial charge is 0.180 e. The Morgan fingerprint density at radius 3 is 2.69 bits per heavy atom. The molecule has 0 bridgehead atoms. The largest absolute Gasteiger partial charge is 0.367 e. The summed E-state index contributed by atoms with van der Waals surface area (Å²) < 4.78 is 0. The van der Waals surface area contributed by atoms with Gasteiger partial charge in [-0.1, -0.05) is 13.0 Å². The molecule has 1 heterocycles. The minimum atomic E-state index is 0.0818. The van der Waals surface area contributed by atoms with E-state index < -0.39 is 0 Å². The monoisotopic (exact) mass is 218 g/mol. The molecular weight excluding hydrogens is 200 g/mol. The molecule has 16 heavy (non-hydrogen) atoms. The standard InChI is InChI=1S/C13H18N2O/c1-4-9-15(6-3)11-7-8-12(14-10-11)13(16)5-2/h4,7-8,10H,1,5-6,9H2,2-3H3. The second-order valence-corrected chi connectivity index (χ2v) is 3.51. The summed E-state index contributed by atoms with van der Waals surface area (Å²) in [7, 11) is 0. The minimum Gasteiger partial charge on any atom is -0.367 e. The Balaban J connectivity index is 2.84. The molecule has 0 aliphatic rings. The summed E-state index contributed by atoms with van der Waals surface area (Å²) in [6.07, 6.45) is 4.10. The Hall–Kier alpha value is -1.64. The van der Waals surface area contributed by atoms with Crippen LogP contribution in [0.5, 0.6) is 0 Å². The molecule has 0 amide bonds. The van der Waals surface area contributed by atoms with Crippen molar-refractivity contribution >= 4 is 11.5 Å². The number of ketones is 1. The molecule has 0 aliphatic carbocycles. The lowest BCUT2D eigenvalue weighted by Crippen LogP contribution is -2.22. The van der Waals surface area contributed by atoms with Crippen LogP contribution >= 0.6 is 0 Å². The zero-order valence-corrected chi connectivity index (χ0v) is 9.94. The van der Waals surface area contributed by atoms with E-state index in [1.807, 2.05) is 19.1 Å². The molecule has 0 saturated heterocycles. The van der Waals surface area contributed by atoms with Gasteiger partial charge in [-0.05, 0) is 19.1 Å². The fraction of sp³-hybridized carbons (Fsp3) is 0.385. The van der Waals surface area contributed by atoms with Crippen LogP contribution in [0, 0.1) is 0 Å². The third-order valence-corrected chi connectivity index (χ3v) is 2.45. The van der Waals surface area contributed by atoms with Crippen molar-refractivity contribution < 1.29 is 4.79 Å². The van der Waals surface area contributed by atoms with Gasteiger partial charge in [0.2, 0.25) is 0 Å². The fourth-order valence-corrected chi connectivity index (χ4v) is 1.49. The first-order valence-corrected chi connectivity index (χ1v) is 5.58. The molecule has 0 aromatic carbocycles. The van der Waals surface area contributed by atoms with Gasteiger partial charge in [0.25, 0.3) is 0 Å². The van der Waals surface area contributed by atoms with E-state index in [9.17, 15) is 4.79 Å². The first-order chi connectivity index (χ1) is 7.72. The van der Waals surface area contributed by atoms with Crippen LogP contribution in [0.4, 0.5) is 5.69 Å². The Labute approximate surface area is 96.8 Å². The van der Waals surface area contributed by atoms with Gasteiger partial charge in [-0.15, -0.1) is 6.58 Å². The van der Waals surface area contributed by atoms with E-state index in [0.29, 0.717) is 12.1 Å². The third-order valence-electron chi connectivity index (χ3n) is 2.45. The zero-order valence-electron chi connectivity index (χ0n) is 9.94. The molecule has 0 N–H and O–H groups in total. The van der Waals surface area contributed by atoms with Gasteiger partial charge in [0.15, 0.2) is 5.78 Å². The maximum Gasteiger partial charge on any atom is 0.180 e. The Bertz CT molecular complexity index is 357. The Morgan fingerprint density at radius 1 is 1.50 bits per heavy atom. The van der Waals surface area contributed by atoms with E-state index in [1.54, 1.807) is 12.3 Å². The number of Topliss-reactive ketones (excluding diaryl/α,β-unsaturated/α-hetero) is 1. The maximum absolute atomic E-state index is 11.4. The molecule has 1 aromatic rings. The van der Waals surface area contributed by atoms with Crippen LogP contribution in [0.3, 0.4) is 0 Å². The van der Waals surface area contributed by atoms with Crippen LogP contribution in [0.2, 0.25) is 0 Å². The molecule has 0 atom stereocenters. The molecule has 86 valence electrons. The molecule has 0 aliphatic heterocycles. The topological polar surface area (TPSA) is 33.2 Å². The van der Waals surface area contributed by atoms with Crippen molar-refractivity contribution in [2.24, 2.45) is 0 Å². The number of carbonyl (C=O) groups excluding carboxylic acids is 1. The molecule has 1 rings (SSSR count). The van der Waals surface area contributed by atoms with Gasteiger partial charge in [0.1, 0.15) is 5.69 Å². The van der Waals surface area contributed by atoms with E-state index in [2.05, 4.69) is 23.4 Å². The van der Waals surface area contributed by atoms with Crippen molar-refractivity contribution in [3.05, 3.63) is 36.7 Å². The van der Waals surface area contributed by atoms with Gasteiger partial charge >= 0.3 is 0 Å². The second-order valence-electron chi connectivity index (χ2n) is 3.51. The predicted molar refractivity (Wildman–Crippen MR) is 66.9 cm³/mol. The molecule has 0 saturated carbocycles. The van der Waals surface area contributed by atoms with Gasteiger partial charge in [-0.3, -0.25) is 9.78 Å². The predicted octanol–water partition coefficient (Wildman–Crippen LogP) is 2.69. The van der Waals surface area contributed by atoms with Gasteiger partial charge in [0.05, 0.1) is 11.9 Å². The van der Waals surface area contributed by atoms with Gasteiger partial charge < -0.3 is 4.90 Å². The summed E-state index contributed by atoms with van der Waals surface area (Å²) in [4.78, 5) is 17.7. The summed E-state index contributed by atoms with van der Waals surface area (Å²) in [5, 5.41) is 0. The molecule has 3 nitrogen and oxygen atoms in total. The lowest BCUT2D eigenvalue weighted by Gasteiger charge is -2.20. The first-order valence-electron chi connectivity index (χ1n) is 5.58. The number of anilines is 1. The summed E-state index contributed by atoms with van der Waals surface area (Å²) in [6.45, 7) is 9.32. The summed E-state index contributed by atoms with van der Waals surface area (Å²) in [6, 6.07) is 3.72. The van der Waals surface area contributed by atoms with E-state index in [4.69, 9.17) is 0 Å². The number of likely N-dealkylation sites (N-methyl/N-ethyl adjacent to an activating group) is 1. The van der Waals surface area contributed by atoms with Crippen molar-refractivity contribution in [1.82, 2.24) is 4.98 Å². The van der Waals surface area contributed by atoms with E-state index in [1.165, 1.54) is 0 Å². The summed E-state index contributed by atoms with van der Waals surface area (Å²) in [5.41, 5.74) is 1.57. The number of carbonyl (C=O) groups is 1. The molecule has 0 radical (unpaired) electrons. The van der Waals surface area contributed by atoms with Crippen molar-refractivity contribution in [3.8, 4) is 0 Å². The third kappa shape index (κ3) is 2.92. The summed E-state index contributed by atoms with van der Waals surface area (Å²) >= 11 is 0. The second kappa shape index (κ2) is 6.05. The molecule has 0 unspecified atom stereocenters. The van der Waals surface area contributed by atoms with Crippen molar-refractivity contribution in [3.63, 3.8) is 0 Å². The van der Waals surface area contributed by atoms with Crippen LogP contribution < -0.4 is 4.90 Å². The zero-order chi connectivity index (χ0) is 12.0. The molecular formula is C13H18N2O. The number of hydrogen-bond acceptors (Lipinski definition) is 3. The van der Waals surface area contributed by atoms with Crippen molar-refractivity contribution in [2.45, 2.75) is 20.3 Å². The van der Waals surface area contributed by atoms with E-state index >= 15 is 0 Å². The number of aromatic nitrogens is 1. The van der Waals surface area contributed by atoms with Crippen molar-refractivity contribution in [1.29, 1.82) is 0 Å². The average Bonchev–Trinajstić information content (AvgIpc) is 2.35. The number of nitrogens with zero attached hydrogens (tertiary/aromatic N) is 2. The van der Waals surface area contributed by atoms with Gasteiger partial charge in [0, 0.05) is 19.5 Å². The highest BCUT2D eigenvalue weighted by Crippen LogP contribution is 2.13. The highest BCUT2D eigenvalue weighted by molar-refractivity contribution is 5.94. The van der Waals surface area contributed by atoms with Crippen molar-refractivity contribution in [2.75, 3.05) is 18.0 Å².